The maximum Gasteiger partial charge on any atom is 0.311 e. The fourth-order valence-electron chi connectivity index (χ4n) is 1.83. The maximum atomic E-state index is 12.2. The Morgan fingerprint density at radius 2 is 2.24 bits per heavy atom. The van der Waals surface area contributed by atoms with Gasteiger partial charge >= 0.3 is 5.69 Å². The molecule has 2 heterocycles. The second kappa shape index (κ2) is 5.88. The smallest absolute Gasteiger partial charge is 0.301 e. The number of nitrogens with one attached hydrogen (secondary N) is 1. The van der Waals surface area contributed by atoms with Gasteiger partial charge in [-0.05, 0) is 12.5 Å². The number of nitro groups is 1. The van der Waals surface area contributed by atoms with E-state index in [9.17, 15) is 14.9 Å². The number of anilines is 1. The van der Waals surface area contributed by atoms with Crippen molar-refractivity contribution in [2.24, 2.45) is 7.05 Å². The summed E-state index contributed by atoms with van der Waals surface area (Å²) in [6, 6.07) is 2.48. The lowest BCUT2D eigenvalue weighted by Gasteiger charge is -2.05. The van der Waals surface area contributed by atoms with E-state index in [1.54, 1.807) is 13.2 Å². The molecule has 0 spiro atoms. The number of nitrogens with zero attached hydrogens (tertiary/aromatic N) is 4. The number of pyridine rings is 1. The predicted octanol–water partition coefficient (Wildman–Crippen LogP) is 2.19. The fraction of sp³-hybridized carbons (Fsp3) is 0.250. The standard InChI is InChI=1S/C12H12ClN5O3/c1-3-8-7(6-17(2)16-8)12(19)15-11-9(18(20)21)4-5-10(13)14-11/h4-6H,3H2,1-2H3,(H,14,15,19). The average Bonchev–Trinajstić information content (AvgIpc) is 2.79. The van der Waals surface area contributed by atoms with Gasteiger partial charge in [0.1, 0.15) is 5.15 Å². The zero-order valence-electron chi connectivity index (χ0n) is 11.3. The predicted molar refractivity (Wildman–Crippen MR) is 76.4 cm³/mol. The summed E-state index contributed by atoms with van der Waals surface area (Å²) in [5.74, 6) is -0.707. The Labute approximate surface area is 124 Å². The SMILES string of the molecule is CCc1nn(C)cc1C(=O)Nc1nc(Cl)ccc1[N+](=O)[O-]. The number of rotatable bonds is 4. The average molecular weight is 310 g/mol. The Hall–Kier alpha value is -2.48. The lowest BCUT2D eigenvalue weighted by molar-refractivity contribution is -0.384. The van der Waals surface area contributed by atoms with Crippen molar-refractivity contribution < 1.29 is 9.72 Å². The van der Waals surface area contributed by atoms with E-state index in [0.29, 0.717) is 17.7 Å². The quantitative estimate of drug-likeness (QED) is 0.529. The zero-order chi connectivity index (χ0) is 15.6. The van der Waals surface area contributed by atoms with Crippen molar-refractivity contribution in [3.63, 3.8) is 0 Å². The molecule has 0 bridgehead atoms. The van der Waals surface area contributed by atoms with Crippen molar-refractivity contribution in [3.05, 3.63) is 44.9 Å². The summed E-state index contributed by atoms with van der Waals surface area (Å²) >= 11 is 5.71. The van der Waals surface area contributed by atoms with Crippen LogP contribution in [0.4, 0.5) is 11.5 Å². The van der Waals surface area contributed by atoms with Crippen LogP contribution in [0.2, 0.25) is 5.15 Å². The minimum Gasteiger partial charge on any atom is -0.301 e. The van der Waals surface area contributed by atoms with E-state index in [-0.39, 0.29) is 16.7 Å². The summed E-state index contributed by atoms with van der Waals surface area (Å²) in [6.45, 7) is 1.86. The maximum absolute atomic E-state index is 12.2. The van der Waals surface area contributed by atoms with Gasteiger partial charge in [-0.25, -0.2) is 4.98 Å². The van der Waals surface area contributed by atoms with Gasteiger partial charge in [-0.3, -0.25) is 19.6 Å². The number of carbonyl (C=O) groups is 1. The van der Waals surface area contributed by atoms with Crippen LogP contribution in [0.15, 0.2) is 18.3 Å². The van der Waals surface area contributed by atoms with Crippen LogP contribution in [0, 0.1) is 10.1 Å². The lowest BCUT2D eigenvalue weighted by atomic mass is 10.2. The third-order valence-electron chi connectivity index (χ3n) is 2.75. The molecule has 0 saturated carbocycles. The van der Waals surface area contributed by atoms with Crippen LogP contribution in [0.1, 0.15) is 23.0 Å². The molecular formula is C12H12ClN5O3. The summed E-state index contributed by atoms with van der Waals surface area (Å²) in [7, 11) is 1.69. The fourth-order valence-corrected chi connectivity index (χ4v) is 1.98. The van der Waals surface area contributed by atoms with Gasteiger partial charge in [-0.1, -0.05) is 18.5 Å². The second-order valence-corrected chi connectivity index (χ2v) is 4.62. The topological polar surface area (TPSA) is 103 Å². The van der Waals surface area contributed by atoms with Crippen molar-refractivity contribution in [2.45, 2.75) is 13.3 Å². The first-order valence-electron chi connectivity index (χ1n) is 6.07. The van der Waals surface area contributed by atoms with E-state index < -0.39 is 10.8 Å². The minimum absolute atomic E-state index is 0.0535. The summed E-state index contributed by atoms with van der Waals surface area (Å²) < 4.78 is 1.51. The molecule has 9 heteroatoms. The van der Waals surface area contributed by atoms with Gasteiger partial charge in [0, 0.05) is 19.3 Å². The number of aryl methyl sites for hydroxylation is 2. The summed E-state index contributed by atoms with van der Waals surface area (Å²) in [5, 5.41) is 17.5. The number of hydrogen-bond donors (Lipinski definition) is 1. The molecule has 2 aromatic rings. The molecule has 8 nitrogen and oxygen atoms in total. The largest absolute Gasteiger partial charge is 0.311 e. The number of halogens is 1. The monoisotopic (exact) mass is 309 g/mol. The van der Waals surface area contributed by atoms with E-state index in [1.165, 1.54) is 16.8 Å². The van der Waals surface area contributed by atoms with E-state index in [0.717, 1.165) is 0 Å². The third kappa shape index (κ3) is 3.16. The van der Waals surface area contributed by atoms with Crippen molar-refractivity contribution in [1.29, 1.82) is 0 Å². The van der Waals surface area contributed by atoms with E-state index in [4.69, 9.17) is 11.6 Å². The minimum atomic E-state index is -0.636. The molecule has 1 amide bonds. The Bertz CT molecular complexity index is 713. The van der Waals surface area contributed by atoms with Crippen LogP contribution in [0.3, 0.4) is 0 Å². The second-order valence-electron chi connectivity index (χ2n) is 4.23. The van der Waals surface area contributed by atoms with Crippen molar-refractivity contribution in [1.82, 2.24) is 14.8 Å². The van der Waals surface area contributed by atoms with Crippen LogP contribution in [0.5, 0.6) is 0 Å². The highest BCUT2D eigenvalue weighted by Crippen LogP contribution is 2.24. The Morgan fingerprint density at radius 1 is 1.52 bits per heavy atom. The van der Waals surface area contributed by atoms with E-state index in [1.807, 2.05) is 6.92 Å². The molecule has 0 atom stereocenters. The summed E-state index contributed by atoms with van der Waals surface area (Å²) in [6.07, 6.45) is 2.11. The summed E-state index contributed by atoms with van der Waals surface area (Å²) in [5.41, 5.74) is 0.616. The number of hydrogen-bond acceptors (Lipinski definition) is 5. The molecule has 0 fully saturated rings. The molecule has 21 heavy (non-hydrogen) atoms. The zero-order valence-corrected chi connectivity index (χ0v) is 12.1. The molecule has 0 saturated heterocycles. The lowest BCUT2D eigenvalue weighted by Crippen LogP contribution is -2.15. The molecule has 2 rings (SSSR count). The van der Waals surface area contributed by atoms with Crippen molar-refractivity contribution >= 4 is 29.0 Å². The van der Waals surface area contributed by atoms with Gasteiger partial charge < -0.3 is 5.32 Å². The van der Waals surface area contributed by atoms with Gasteiger partial charge in [0.25, 0.3) is 5.91 Å². The van der Waals surface area contributed by atoms with Crippen molar-refractivity contribution in [3.8, 4) is 0 Å². The van der Waals surface area contributed by atoms with E-state index >= 15 is 0 Å². The number of amides is 1. The van der Waals surface area contributed by atoms with Gasteiger partial charge in [-0.2, -0.15) is 5.10 Å². The van der Waals surface area contributed by atoms with Crippen LogP contribution in [-0.4, -0.2) is 25.6 Å². The molecule has 2 aromatic heterocycles. The molecule has 0 aliphatic heterocycles. The Kier molecular flexibility index (Phi) is 4.18. The Balaban J connectivity index is 2.35. The van der Waals surface area contributed by atoms with Crippen LogP contribution in [0.25, 0.3) is 0 Å². The Morgan fingerprint density at radius 3 is 2.86 bits per heavy atom. The van der Waals surface area contributed by atoms with Gasteiger partial charge in [0.15, 0.2) is 0 Å². The molecule has 0 aromatic carbocycles. The molecule has 0 aliphatic carbocycles. The first-order valence-corrected chi connectivity index (χ1v) is 6.45. The van der Waals surface area contributed by atoms with Crippen LogP contribution < -0.4 is 5.32 Å². The van der Waals surface area contributed by atoms with Crippen LogP contribution >= 0.6 is 11.6 Å². The first kappa shape index (κ1) is 14.9. The molecule has 1 N–H and O–H groups in total. The van der Waals surface area contributed by atoms with Crippen LogP contribution in [-0.2, 0) is 13.5 Å². The molecular weight excluding hydrogens is 298 g/mol. The number of aromatic nitrogens is 3. The van der Waals surface area contributed by atoms with Gasteiger partial charge in [0.2, 0.25) is 5.82 Å². The molecule has 110 valence electrons. The molecule has 0 unspecified atom stereocenters. The highest BCUT2D eigenvalue weighted by atomic mass is 35.5. The molecule has 0 aliphatic rings. The normalized spacial score (nSPS) is 10.4. The van der Waals surface area contributed by atoms with Gasteiger partial charge in [0.05, 0.1) is 16.2 Å². The highest BCUT2D eigenvalue weighted by molar-refractivity contribution is 6.29. The third-order valence-corrected chi connectivity index (χ3v) is 2.96. The number of carbonyl (C=O) groups excluding carboxylic acids is 1. The summed E-state index contributed by atoms with van der Waals surface area (Å²) in [4.78, 5) is 26.3. The van der Waals surface area contributed by atoms with Crippen molar-refractivity contribution in [2.75, 3.05) is 5.32 Å². The first-order chi connectivity index (χ1) is 9.92. The van der Waals surface area contributed by atoms with Gasteiger partial charge in [-0.15, -0.1) is 0 Å². The molecule has 0 radical (unpaired) electrons. The highest BCUT2D eigenvalue weighted by Gasteiger charge is 2.21. The van der Waals surface area contributed by atoms with E-state index in [2.05, 4.69) is 15.4 Å².